The van der Waals surface area contributed by atoms with E-state index in [-0.39, 0.29) is 5.84 Å². The van der Waals surface area contributed by atoms with E-state index in [1.807, 2.05) is 6.07 Å². The number of rotatable bonds is 6. The van der Waals surface area contributed by atoms with Crippen LogP contribution in [0.1, 0.15) is 12.0 Å². The normalized spacial score (nSPS) is 10.5. The van der Waals surface area contributed by atoms with Gasteiger partial charge < -0.3 is 10.6 Å². The quantitative estimate of drug-likeness (QED) is 0.546. The predicted octanol–water partition coefficient (Wildman–Crippen LogP) is 1.49. The first-order valence-electron chi connectivity index (χ1n) is 5.24. The van der Waals surface area contributed by atoms with Crippen LogP contribution in [0.5, 0.6) is 0 Å². The molecule has 0 saturated heterocycles. The molecule has 1 rings (SSSR count). The molecule has 0 heterocycles. The van der Waals surface area contributed by atoms with Crippen molar-refractivity contribution in [1.82, 2.24) is 4.90 Å². The zero-order chi connectivity index (χ0) is 11.1. The third-order valence-electron chi connectivity index (χ3n) is 2.39. The maximum Gasteiger partial charge on any atom is 0.0918 e. The summed E-state index contributed by atoms with van der Waals surface area (Å²) >= 11 is 0. The fourth-order valence-electron chi connectivity index (χ4n) is 1.39. The molecular formula is C12H19N3. The van der Waals surface area contributed by atoms with Crippen LogP contribution in [0.3, 0.4) is 0 Å². The van der Waals surface area contributed by atoms with Crippen LogP contribution in [-0.4, -0.2) is 30.9 Å². The van der Waals surface area contributed by atoms with E-state index in [0.717, 1.165) is 19.5 Å². The monoisotopic (exact) mass is 205 g/mol. The van der Waals surface area contributed by atoms with Crippen LogP contribution in [0.25, 0.3) is 0 Å². The zero-order valence-electron chi connectivity index (χ0n) is 9.24. The molecule has 1 aromatic rings. The van der Waals surface area contributed by atoms with Crippen molar-refractivity contribution in [2.75, 3.05) is 20.1 Å². The average Bonchev–Trinajstić information content (AvgIpc) is 2.25. The molecule has 82 valence electrons. The molecule has 0 spiro atoms. The van der Waals surface area contributed by atoms with Gasteiger partial charge in [-0.1, -0.05) is 30.3 Å². The highest BCUT2D eigenvalue weighted by atomic mass is 15.1. The standard InChI is InChI=1S/C12H19N3/c1-15(10-8-12(13)14)9-7-11-5-3-2-4-6-11/h2-6H,7-10H2,1H3,(H3,13,14). The molecule has 0 aliphatic carbocycles. The van der Waals surface area contributed by atoms with Crippen LogP contribution in [0.15, 0.2) is 30.3 Å². The molecule has 0 amide bonds. The smallest absolute Gasteiger partial charge is 0.0918 e. The largest absolute Gasteiger partial charge is 0.388 e. The van der Waals surface area contributed by atoms with Gasteiger partial charge >= 0.3 is 0 Å². The van der Waals surface area contributed by atoms with E-state index in [2.05, 4.69) is 36.2 Å². The summed E-state index contributed by atoms with van der Waals surface area (Å²) in [7, 11) is 2.06. The predicted molar refractivity (Wildman–Crippen MR) is 64.2 cm³/mol. The minimum Gasteiger partial charge on any atom is -0.388 e. The number of nitrogens with zero attached hydrogens (tertiary/aromatic N) is 1. The molecule has 0 aliphatic rings. The molecule has 3 heteroatoms. The fraction of sp³-hybridized carbons (Fsp3) is 0.417. The summed E-state index contributed by atoms with van der Waals surface area (Å²) in [6, 6.07) is 10.4. The first-order chi connectivity index (χ1) is 7.18. The van der Waals surface area contributed by atoms with Crippen molar-refractivity contribution in [2.45, 2.75) is 12.8 Å². The summed E-state index contributed by atoms with van der Waals surface area (Å²) in [5.41, 5.74) is 6.66. The molecule has 0 aromatic heterocycles. The molecule has 0 bridgehead atoms. The highest BCUT2D eigenvalue weighted by Crippen LogP contribution is 2.00. The molecule has 0 radical (unpaired) electrons. The number of hydrogen-bond donors (Lipinski definition) is 2. The molecule has 0 aliphatic heterocycles. The Labute approximate surface area is 91.4 Å². The summed E-state index contributed by atoms with van der Waals surface area (Å²) in [5.74, 6) is 0.265. The number of nitrogens with one attached hydrogen (secondary N) is 1. The molecule has 0 fully saturated rings. The maximum atomic E-state index is 7.14. The zero-order valence-corrected chi connectivity index (χ0v) is 9.24. The Morgan fingerprint density at radius 3 is 2.53 bits per heavy atom. The topological polar surface area (TPSA) is 53.1 Å². The Kier molecular flexibility index (Phi) is 4.84. The van der Waals surface area contributed by atoms with Gasteiger partial charge in [0.05, 0.1) is 5.84 Å². The minimum absolute atomic E-state index is 0.265. The SMILES string of the molecule is CN(CCC(=N)N)CCc1ccccc1. The molecule has 0 unspecified atom stereocenters. The molecule has 15 heavy (non-hydrogen) atoms. The first-order valence-corrected chi connectivity index (χ1v) is 5.24. The van der Waals surface area contributed by atoms with Gasteiger partial charge in [0.1, 0.15) is 0 Å². The van der Waals surface area contributed by atoms with Crippen molar-refractivity contribution in [3.05, 3.63) is 35.9 Å². The van der Waals surface area contributed by atoms with E-state index in [4.69, 9.17) is 11.1 Å². The van der Waals surface area contributed by atoms with Gasteiger partial charge in [-0.15, -0.1) is 0 Å². The third kappa shape index (κ3) is 5.18. The van der Waals surface area contributed by atoms with Gasteiger partial charge in [0.15, 0.2) is 0 Å². The van der Waals surface area contributed by atoms with Crippen LogP contribution in [0.4, 0.5) is 0 Å². The molecular weight excluding hydrogens is 186 g/mol. The summed E-state index contributed by atoms with van der Waals surface area (Å²) in [6.45, 7) is 1.87. The van der Waals surface area contributed by atoms with E-state index in [1.165, 1.54) is 5.56 Å². The van der Waals surface area contributed by atoms with Crippen molar-refractivity contribution in [3.63, 3.8) is 0 Å². The van der Waals surface area contributed by atoms with Gasteiger partial charge in [-0.05, 0) is 19.0 Å². The Morgan fingerprint density at radius 2 is 1.93 bits per heavy atom. The Morgan fingerprint density at radius 1 is 1.27 bits per heavy atom. The van der Waals surface area contributed by atoms with Gasteiger partial charge in [0.25, 0.3) is 0 Å². The summed E-state index contributed by atoms with van der Waals surface area (Å²) in [6.07, 6.45) is 1.71. The molecule has 0 saturated carbocycles. The van der Waals surface area contributed by atoms with E-state index >= 15 is 0 Å². The lowest BCUT2D eigenvalue weighted by atomic mass is 10.1. The lowest BCUT2D eigenvalue weighted by molar-refractivity contribution is 0.348. The summed E-state index contributed by atoms with van der Waals surface area (Å²) < 4.78 is 0. The van der Waals surface area contributed by atoms with Crippen molar-refractivity contribution >= 4 is 5.84 Å². The van der Waals surface area contributed by atoms with Crippen molar-refractivity contribution in [3.8, 4) is 0 Å². The van der Waals surface area contributed by atoms with Crippen LogP contribution in [0.2, 0.25) is 0 Å². The molecule has 0 atom stereocenters. The van der Waals surface area contributed by atoms with Crippen molar-refractivity contribution in [1.29, 1.82) is 5.41 Å². The van der Waals surface area contributed by atoms with Crippen LogP contribution < -0.4 is 5.73 Å². The van der Waals surface area contributed by atoms with Gasteiger partial charge in [-0.3, -0.25) is 5.41 Å². The number of hydrogen-bond acceptors (Lipinski definition) is 2. The number of nitrogens with two attached hydrogens (primary N) is 1. The highest BCUT2D eigenvalue weighted by molar-refractivity contribution is 5.76. The molecule has 3 N–H and O–H groups in total. The van der Waals surface area contributed by atoms with Crippen LogP contribution in [-0.2, 0) is 6.42 Å². The van der Waals surface area contributed by atoms with Crippen molar-refractivity contribution < 1.29 is 0 Å². The average molecular weight is 205 g/mol. The minimum atomic E-state index is 0.265. The van der Waals surface area contributed by atoms with Gasteiger partial charge in [-0.25, -0.2) is 0 Å². The number of likely N-dealkylation sites (N-methyl/N-ethyl adjacent to an activating group) is 1. The third-order valence-corrected chi connectivity index (χ3v) is 2.39. The van der Waals surface area contributed by atoms with Crippen molar-refractivity contribution in [2.24, 2.45) is 5.73 Å². The Hall–Kier alpha value is -1.35. The van der Waals surface area contributed by atoms with Crippen LogP contribution in [0, 0.1) is 5.41 Å². The summed E-state index contributed by atoms with van der Waals surface area (Å²) in [5, 5.41) is 7.14. The second-order valence-electron chi connectivity index (χ2n) is 3.81. The Bertz CT molecular complexity index is 295. The lowest BCUT2D eigenvalue weighted by Gasteiger charge is -2.15. The number of amidine groups is 1. The van der Waals surface area contributed by atoms with E-state index in [0.29, 0.717) is 6.42 Å². The molecule has 3 nitrogen and oxygen atoms in total. The summed E-state index contributed by atoms with van der Waals surface area (Å²) in [4.78, 5) is 2.20. The first kappa shape index (κ1) is 11.7. The van der Waals surface area contributed by atoms with Gasteiger partial charge in [0.2, 0.25) is 0 Å². The number of benzene rings is 1. The van der Waals surface area contributed by atoms with Gasteiger partial charge in [-0.2, -0.15) is 0 Å². The van der Waals surface area contributed by atoms with E-state index < -0.39 is 0 Å². The lowest BCUT2D eigenvalue weighted by Crippen LogP contribution is -2.26. The van der Waals surface area contributed by atoms with E-state index in [9.17, 15) is 0 Å². The second kappa shape index (κ2) is 6.19. The maximum absolute atomic E-state index is 7.14. The second-order valence-corrected chi connectivity index (χ2v) is 3.81. The highest BCUT2D eigenvalue weighted by Gasteiger charge is 1.99. The Balaban J connectivity index is 2.22. The van der Waals surface area contributed by atoms with E-state index in [1.54, 1.807) is 0 Å². The van der Waals surface area contributed by atoms with Crippen LogP contribution >= 0.6 is 0 Å². The van der Waals surface area contributed by atoms with Gasteiger partial charge in [0, 0.05) is 19.5 Å². The molecule has 1 aromatic carbocycles. The fourth-order valence-corrected chi connectivity index (χ4v) is 1.39.